The molecule has 0 atom stereocenters. The Bertz CT molecular complexity index is 278. The first-order chi connectivity index (χ1) is 7.36. The molecule has 1 aromatic heterocycles. The van der Waals surface area contributed by atoms with Gasteiger partial charge in [0, 0.05) is 11.9 Å². The van der Waals surface area contributed by atoms with Crippen molar-refractivity contribution in [1.82, 2.24) is 4.98 Å². The van der Waals surface area contributed by atoms with E-state index in [4.69, 9.17) is 5.84 Å². The van der Waals surface area contributed by atoms with Crippen molar-refractivity contribution in [2.24, 2.45) is 5.84 Å². The maximum absolute atomic E-state index is 5.33. The SMILES string of the molecule is CCCCCSCc1cc(NN)ccn1. The normalized spacial score (nSPS) is 10.3. The topological polar surface area (TPSA) is 50.9 Å². The highest BCUT2D eigenvalue weighted by molar-refractivity contribution is 7.98. The third kappa shape index (κ3) is 5.04. The number of nitrogens with two attached hydrogens (primary N) is 1. The zero-order valence-electron chi connectivity index (χ0n) is 9.20. The average Bonchev–Trinajstić information content (AvgIpc) is 2.29. The summed E-state index contributed by atoms with van der Waals surface area (Å²) in [7, 11) is 0. The number of anilines is 1. The van der Waals surface area contributed by atoms with Crippen molar-refractivity contribution in [3.63, 3.8) is 0 Å². The van der Waals surface area contributed by atoms with Crippen LogP contribution < -0.4 is 11.3 Å². The molecule has 3 nitrogen and oxygen atoms in total. The Labute approximate surface area is 95.8 Å². The zero-order valence-corrected chi connectivity index (χ0v) is 10.0. The molecule has 1 aromatic rings. The molecule has 0 fully saturated rings. The monoisotopic (exact) mass is 225 g/mol. The fourth-order valence-corrected chi connectivity index (χ4v) is 2.20. The summed E-state index contributed by atoms with van der Waals surface area (Å²) in [6.07, 6.45) is 5.70. The van der Waals surface area contributed by atoms with Crippen molar-refractivity contribution < 1.29 is 0 Å². The van der Waals surface area contributed by atoms with Crippen molar-refractivity contribution >= 4 is 17.4 Å². The van der Waals surface area contributed by atoms with Gasteiger partial charge in [-0.15, -0.1) is 0 Å². The molecule has 0 aliphatic heterocycles. The highest BCUT2D eigenvalue weighted by atomic mass is 32.2. The molecular weight excluding hydrogens is 206 g/mol. The van der Waals surface area contributed by atoms with Crippen molar-refractivity contribution in [1.29, 1.82) is 0 Å². The Morgan fingerprint density at radius 1 is 1.47 bits per heavy atom. The summed E-state index contributed by atoms with van der Waals surface area (Å²) in [5, 5.41) is 0. The van der Waals surface area contributed by atoms with Gasteiger partial charge in [0.05, 0.1) is 11.4 Å². The van der Waals surface area contributed by atoms with Crippen LogP contribution >= 0.6 is 11.8 Å². The quantitative estimate of drug-likeness (QED) is 0.425. The summed E-state index contributed by atoms with van der Waals surface area (Å²) in [4.78, 5) is 4.29. The fraction of sp³-hybridized carbons (Fsp3) is 0.545. The van der Waals surface area contributed by atoms with Crippen LogP contribution in [0.4, 0.5) is 5.69 Å². The Balaban J connectivity index is 2.24. The molecule has 0 saturated carbocycles. The smallest absolute Gasteiger partial charge is 0.0523 e. The second-order valence-corrected chi connectivity index (χ2v) is 4.55. The van der Waals surface area contributed by atoms with E-state index in [9.17, 15) is 0 Å². The van der Waals surface area contributed by atoms with E-state index in [0.717, 1.165) is 17.1 Å². The predicted octanol–water partition coefficient (Wildman–Crippen LogP) is 2.79. The summed E-state index contributed by atoms with van der Waals surface area (Å²) < 4.78 is 0. The highest BCUT2D eigenvalue weighted by Gasteiger charge is 1.96. The first-order valence-corrected chi connectivity index (χ1v) is 6.51. The van der Waals surface area contributed by atoms with Crippen molar-refractivity contribution in [3.05, 3.63) is 24.0 Å². The van der Waals surface area contributed by atoms with Crippen molar-refractivity contribution in [2.75, 3.05) is 11.2 Å². The molecule has 1 rings (SSSR count). The van der Waals surface area contributed by atoms with Gasteiger partial charge in [0.15, 0.2) is 0 Å². The Kier molecular flexibility index (Phi) is 6.20. The highest BCUT2D eigenvalue weighted by Crippen LogP contribution is 2.15. The van der Waals surface area contributed by atoms with E-state index in [1.165, 1.54) is 25.0 Å². The van der Waals surface area contributed by atoms with Gasteiger partial charge < -0.3 is 5.43 Å². The van der Waals surface area contributed by atoms with Crippen LogP contribution in [0.15, 0.2) is 18.3 Å². The van der Waals surface area contributed by atoms with Crippen molar-refractivity contribution in [2.45, 2.75) is 31.9 Å². The lowest BCUT2D eigenvalue weighted by atomic mass is 10.3. The van der Waals surface area contributed by atoms with Crippen LogP contribution in [0.5, 0.6) is 0 Å². The van der Waals surface area contributed by atoms with Gasteiger partial charge in [-0.25, -0.2) is 0 Å². The lowest BCUT2D eigenvalue weighted by Gasteiger charge is -2.03. The molecule has 4 heteroatoms. The largest absolute Gasteiger partial charge is 0.324 e. The number of hydrazine groups is 1. The molecule has 84 valence electrons. The molecule has 1 heterocycles. The maximum Gasteiger partial charge on any atom is 0.0523 e. The van der Waals surface area contributed by atoms with Gasteiger partial charge in [0.25, 0.3) is 0 Å². The molecule has 0 aliphatic carbocycles. The number of unbranched alkanes of at least 4 members (excludes halogenated alkanes) is 2. The molecule has 3 N–H and O–H groups in total. The maximum atomic E-state index is 5.33. The molecule has 0 aromatic carbocycles. The second-order valence-electron chi connectivity index (χ2n) is 3.44. The van der Waals surface area contributed by atoms with Crippen LogP contribution in [-0.2, 0) is 5.75 Å². The minimum Gasteiger partial charge on any atom is -0.324 e. The zero-order chi connectivity index (χ0) is 10.9. The van der Waals surface area contributed by atoms with Crippen LogP contribution in [0.25, 0.3) is 0 Å². The summed E-state index contributed by atoms with van der Waals surface area (Å²) in [5.41, 5.74) is 4.64. The van der Waals surface area contributed by atoms with E-state index in [1.54, 1.807) is 6.20 Å². The number of aromatic nitrogens is 1. The Hall–Kier alpha value is -0.740. The first-order valence-electron chi connectivity index (χ1n) is 5.36. The third-order valence-electron chi connectivity index (χ3n) is 2.13. The summed E-state index contributed by atoms with van der Waals surface area (Å²) in [6.45, 7) is 2.22. The van der Waals surface area contributed by atoms with Crippen LogP contribution in [0.1, 0.15) is 31.9 Å². The van der Waals surface area contributed by atoms with Crippen LogP contribution in [0, 0.1) is 0 Å². The van der Waals surface area contributed by atoms with E-state index in [0.29, 0.717) is 0 Å². The molecule has 0 unspecified atom stereocenters. The lowest BCUT2D eigenvalue weighted by molar-refractivity contribution is 0.778. The van der Waals surface area contributed by atoms with E-state index < -0.39 is 0 Å². The van der Waals surface area contributed by atoms with Gasteiger partial charge >= 0.3 is 0 Å². The summed E-state index contributed by atoms with van der Waals surface area (Å²) >= 11 is 1.93. The van der Waals surface area contributed by atoms with Gasteiger partial charge in [-0.05, 0) is 24.3 Å². The molecule has 0 spiro atoms. The molecule has 0 aliphatic rings. The summed E-state index contributed by atoms with van der Waals surface area (Å²) in [5.74, 6) is 7.52. The average molecular weight is 225 g/mol. The molecule has 15 heavy (non-hydrogen) atoms. The molecule has 0 saturated heterocycles. The van der Waals surface area contributed by atoms with Crippen LogP contribution in [-0.4, -0.2) is 10.7 Å². The van der Waals surface area contributed by atoms with Gasteiger partial charge in [-0.1, -0.05) is 19.8 Å². The van der Waals surface area contributed by atoms with E-state index in [-0.39, 0.29) is 0 Å². The van der Waals surface area contributed by atoms with E-state index >= 15 is 0 Å². The number of pyridine rings is 1. The summed E-state index contributed by atoms with van der Waals surface area (Å²) in [6, 6.07) is 3.86. The van der Waals surface area contributed by atoms with E-state index in [1.807, 2.05) is 23.9 Å². The number of nitrogen functional groups attached to an aromatic ring is 1. The lowest BCUT2D eigenvalue weighted by Crippen LogP contribution is -2.07. The number of hydrogen-bond donors (Lipinski definition) is 2. The number of thioether (sulfide) groups is 1. The third-order valence-corrected chi connectivity index (χ3v) is 3.20. The molecule has 0 amide bonds. The minimum absolute atomic E-state index is 0.925. The predicted molar refractivity (Wildman–Crippen MR) is 67.7 cm³/mol. The minimum atomic E-state index is 0.925. The first kappa shape index (κ1) is 12.3. The number of nitrogens with one attached hydrogen (secondary N) is 1. The van der Waals surface area contributed by atoms with E-state index in [2.05, 4.69) is 17.3 Å². The number of hydrogen-bond acceptors (Lipinski definition) is 4. The molecule has 0 radical (unpaired) electrons. The van der Waals surface area contributed by atoms with Gasteiger partial charge in [0.1, 0.15) is 0 Å². The second kappa shape index (κ2) is 7.54. The van der Waals surface area contributed by atoms with Crippen molar-refractivity contribution in [3.8, 4) is 0 Å². The van der Waals surface area contributed by atoms with Gasteiger partial charge in [-0.2, -0.15) is 11.8 Å². The standard InChI is InChI=1S/C11H19N3S/c1-2-3-4-7-15-9-11-8-10(14-12)5-6-13-11/h5-6,8H,2-4,7,9,12H2,1H3,(H,13,14). The van der Waals surface area contributed by atoms with Gasteiger partial charge in [0.2, 0.25) is 0 Å². The number of nitrogens with zero attached hydrogens (tertiary/aromatic N) is 1. The molecule has 0 bridgehead atoms. The van der Waals surface area contributed by atoms with Crippen LogP contribution in [0.3, 0.4) is 0 Å². The molecular formula is C11H19N3S. The van der Waals surface area contributed by atoms with Gasteiger partial charge in [-0.3, -0.25) is 10.8 Å². The number of rotatable bonds is 7. The Morgan fingerprint density at radius 3 is 3.07 bits per heavy atom. The van der Waals surface area contributed by atoms with Crippen LogP contribution in [0.2, 0.25) is 0 Å². The fourth-order valence-electron chi connectivity index (χ4n) is 1.28. The Morgan fingerprint density at radius 2 is 2.33 bits per heavy atom.